The van der Waals surface area contributed by atoms with E-state index < -0.39 is 9.84 Å². The van der Waals surface area contributed by atoms with Gasteiger partial charge in [0.15, 0.2) is 9.84 Å². The van der Waals surface area contributed by atoms with Crippen LogP contribution in [0.5, 0.6) is 0 Å². The summed E-state index contributed by atoms with van der Waals surface area (Å²) in [5.74, 6) is 0.559. The number of benzene rings is 1. The van der Waals surface area contributed by atoms with Gasteiger partial charge in [-0.1, -0.05) is 45.9 Å². The molecular formula is C14H25NO2S. The number of sulfone groups is 1. The van der Waals surface area contributed by atoms with Crippen LogP contribution in [0.25, 0.3) is 0 Å². The van der Waals surface area contributed by atoms with E-state index in [-0.39, 0.29) is 11.5 Å². The van der Waals surface area contributed by atoms with Crippen molar-refractivity contribution < 1.29 is 8.42 Å². The second kappa shape index (κ2) is 8.97. The molecule has 1 aliphatic heterocycles. The molecule has 104 valence electrons. The van der Waals surface area contributed by atoms with Gasteiger partial charge in [0.1, 0.15) is 0 Å². The molecule has 2 rings (SSSR count). The van der Waals surface area contributed by atoms with Gasteiger partial charge in [-0.25, -0.2) is 8.42 Å². The Morgan fingerprint density at radius 1 is 0.889 bits per heavy atom. The van der Waals surface area contributed by atoms with Crippen molar-refractivity contribution in [2.24, 2.45) is 0 Å². The first-order valence-electron chi connectivity index (χ1n) is 6.68. The molecule has 1 saturated heterocycles. The molecular weight excluding hydrogens is 246 g/mol. The minimum Gasteiger partial charge on any atom is -0.369 e. The molecule has 0 amide bonds. The van der Waals surface area contributed by atoms with Crippen LogP contribution in [0.1, 0.15) is 27.7 Å². The van der Waals surface area contributed by atoms with Crippen LogP contribution in [0.3, 0.4) is 0 Å². The number of nitrogens with zero attached hydrogens (tertiary/aromatic N) is 1. The summed E-state index contributed by atoms with van der Waals surface area (Å²) in [6.45, 7) is 9.23. The van der Waals surface area contributed by atoms with Gasteiger partial charge in [-0.15, -0.1) is 0 Å². The van der Waals surface area contributed by atoms with E-state index in [9.17, 15) is 8.42 Å². The van der Waals surface area contributed by atoms with Gasteiger partial charge in [-0.3, -0.25) is 0 Å². The second-order valence-electron chi connectivity index (χ2n) is 3.47. The van der Waals surface area contributed by atoms with E-state index in [4.69, 9.17) is 0 Å². The maximum absolute atomic E-state index is 11.2. The average Bonchev–Trinajstić information content (AvgIpc) is 2.44. The molecule has 0 aromatic heterocycles. The summed E-state index contributed by atoms with van der Waals surface area (Å²) in [6.07, 6.45) is 0. The summed E-state index contributed by atoms with van der Waals surface area (Å²) in [5, 5.41) is 0. The largest absolute Gasteiger partial charge is 0.369 e. The standard InChI is InChI=1S/C10H13NO2S.2C2H6/c12-14(13)8-6-11(7-9-14)10-4-2-1-3-5-10;2*1-2/h1-5H,6-9H2;2*1-2H3. The molecule has 1 aromatic carbocycles. The van der Waals surface area contributed by atoms with Crippen molar-refractivity contribution in [3.8, 4) is 0 Å². The maximum atomic E-state index is 11.2. The highest BCUT2D eigenvalue weighted by atomic mass is 32.2. The molecule has 18 heavy (non-hydrogen) atoms. The Bertz CT molecular complexity index is 387. The highest BCUT2D eigenvalue weighted by Crippen LogP contribution is 2.15. The van der Waals surface area contributed by atoms with E-state index in [1.807, 2.05) is 58.0 Å². The second-order valence-corrected chi connectivity index (χ2v) is 5.78. The number of para-hydroxylation sites is 1. The van der Waals surface area contributed by atoms with Crippen molar-refractivity contribution in [3.05, 3.63) is 30.3 Å². The van der Waals surface area contributed by atoms with Gasteiger partial charge >= 0.3 is 0 Å². The summed E-state index contributed by atoms with van der Waals surface area (Å²) in [4.78, 5) is 2.11. The van der Waals surface area contributed by atoms with E-state index in [0.29, 0.717) is 13.1 Å². The summed E-state index contributed by atoms with van der Waals surface area (Å²) >= 11 is 0. The van der Waals surface area contributed by atoms with Crippen LogP contribution in [-0.4, -0.2) is 33.0 Å². The summed E-state index contributed by atoms with van der Waals surface area (Å²) in [5.41, 5.74) is 1.11. The van der Waals surface area contributed by atoms with Crippen molar-refractivity contribution in [3.63, 3.8) is 0 Å². The Morgan fingerprint density at radius 3 is 1.78 bits per heavy atom. The molecule has 1 aliphatic rings. The Hall–Kier alpha value is -1.03. The molecule has 4 heteroatoms. The highest BCUT2D eigenvalue weighted by molar-refractivity contribution is 7.91. The fourth-order valence-corrected chi connectivity index (χ4v) is 2.81. The molecule has 0 radical (unpaired) electrons. The average molecular weight is 271 g/mol. The van der Waals surface area contributed by atoms with E-state index in [2.05, 4.69) is 4.90 Å². The molecule has 0 spiro atoms. The molecule has 1 aromatic rings. The third-order valence-electron chi connectivity index (χ3n) is 2.47. The molecule has 0 N–H and O–H groups in total. The lowest BCUT2D eigenvalue weighted by atomic mass is 10.3. The third kappa shape index (κ3) is 5.54. The number of anilines is 1. The lowest BCUT2D eigenvalue weighted by Gasteiger charge is -2.28. The smallest absolute Gasteiger partial charge is 0.153 e. The van der Waals surface area contributed by atoms with Crippen LogP contribution < -0.4 is 4.90 Å². The zero-order valence-electron chi connectivity index (χ0n) is 11.9. The van der Waals surface area contributed by atoms with E-state index in [1.165, 1.54) is 0 Å². The molecule has 0 bridgehead atoms. The highest BCUT2D eigenvalue weighted by Gasteiger charge is 2.21. The number of hydrogen-bond acceptors (Lipinski definition) is 3. The van der Waals surface area contributed by atoms with Gasteiger partial charge in [-0.2, -0.15) is 0 Å². The summed E-state index contributed by atoms with van der Waals surface area (Å²) < 4.78 is 22.4. The monoisotopic (exact) mass is 271 g/mol. The fourth-order valence-electron chi connectivity index (χ4n) is 1.61. The van der Waals surface area contributed by atoms with Crippen molar-refractivity contribution in [1.82, 2.24) is 0 Å². The first-order chi connectivity index (χ1) is 8.67. The third-order valence-corrected chi connectivity index (χ3v) is 4.07. The molecule has 0 atom stereocenters. The SMILES string of the molecule is CC.CC.O=S1(=O)CCN(c2ccccc2)CC1. The quantitative estimate of drug-likeness (QED) is 0.788. The number of hydrogen-bond donors (Lipinski definition) is 0. The van der Waals surface area contributed by atoms with Crippen LogP contribution in [0.4, 0.5) is 5.69 Å². The lowest BCUT2D eigenvalue weighted by Crippen LogP contribution is -2.40. The van der Waals surface area contributed by atoms with Crippen molar-refractivity contribution in [2.75, 3.05) is 29.5 Å². The molecule has 3 nitrogen and oxygen atoms in total. The Balaban J connectivity index is 0.000000659. The Labute approximate surface area is 112 Å². The Kier molecular flexibility index (Phi) is 8.46. The van der Waals surface area contributed by atoms with Crippen LogP contribution in [0.2, 0.25) is 0 Å². The fraction of sp³-hybridized carbons (Fsp3) is 0.571. The van der Waals surface area contributed by atoms with Crippen LogP contribution in [0.15, 0.2) is 30.3 Å². The van der Waals surface area contributed by atoms with Gasteiger partial charge < -0.3 is 4.90 Å². The first-order valence-corrected chi connectivity index (χ1v) is 8.50. The predicted octanol–water partition coefficient (Wildman–Crippen LogP) is 2.97. The molecule has 0 saturated carbocycles. The number of rotatable bonds is 1. The Morgan fingerprint density at radius 2 is 1.33 bits per heavy atom. The van der Waals surface area contributed by atoms with Gasteiger partial charge in [0.05, 0.1) is 11.5 Å². The van der Waals surface area contributed by atoms with Gasteiger partial charge in [0.2, 0.25) is 0 Å². The maximum Gasteiger partial charge on any atom is 0.153 e. The zero-order chi connectivity index (χ0) is 14.0. The summed E-state index contributed by atoms with van der Waals surface area (Å²) in [6, 6.07) is 9.93. The van der Waals surface area contributed by atoms with E-state index in [0.717, 1.165) is 5.69 Å². The molecule has 1 fully saturated rings. The molecule has 1 heterocycles. The van der Waals surface area contributed by atoms with Gasteiger partial charge in [-0.05, 0) is 12.1 Å². The minimum absolute atomic E-state index is 0.280. The van der Waals surface area contributed by atoms with Crippen LogP contribution in [-0.2, 0) is 9.84 Å². The summed E-state index contributed by atoms with van der Waals surface area (Å²) in [7, 11) is -2.77. The van der Waals surface area contributed by atoms with E-state index >= 15 is 0 Å². The van der Waals surface area contributed by atoms with Gasteiger partial charge in [0.25, 0.3) is 0 Å². The van der Waals surface area contributed by atoms with Crippen molar-refractivity contribution in [1.29, 1.82) is 0 Å². The predicted molar refractivity (Wildman–Crippen MR) is 80.0 cm³/mol. The zero-order valence-corrected chi connectivity index (χ0v) is 12.7. The normalized spacial score (nSPS) is 16.8. The topological polar surface area (TPSA) is 37.4 Å². The molecule has 0 aliphatic carbocycles. The van der Waals surface area contributed by atoms with Gasteiger partial charge in [0, 0.05) is 18.8 Å². The lowest BCUT2D eigenvalue weighted by molar-refractivity contribution is 0.587. The first kappa shape index (κ1) is 17.0. The van der Waals surface area contributed by atoms with Crippen molar-refractivity contribution in [2.45, 2.75) is 27.7 Å². The minimum atomic E-state index is -2.77. The van der Waals surface area contributed by atoms with Crippen LogP contribution >= 0.6 is 0 Å². The van der Waals surface area contributed by atoms with E-state index in [1.54, 1.807) is 0 Å². The van der Waals surface area contributed by atoms with Crippen LogP contribution in [0, 0.1) is 0 Å². The van der Waals surface area contributed by atoms with Crippen molar-refractivity contribution >= 4 is 15.5 Å². The molecule has 0 unspecified atom stereocenters.